The van der Waals surface area contributed by atoms with Crippen molar-refractivity contribution in [2.24, 2.45) is 0 Å². The lowest BCUT2D eigenvalue weighted by molar-refractivity contribution is 0.324. The number of methoxy groups -OCH3 is 3. The first kappa shape index (κ1) is 21.8. The molecule has 1 aromatic carbocycles. The normalized spacial score (nSPS) is 10.5. The highest BCUT2D eigenvalue weighted by Gasteiger charge is 2.17. The van der Waals surface area contributed by atoms with Gasteiger partial charge in [-0.1, -0.05) is 12.1 Å². The minimum Gasteiger partial charge on any atom is -0.493 e. The standard InChI is InChI=1S/C24H24N6O3/c1-14-8-9-16(21(28-14)18-7-5-6-10-26-18)17-13-27-24(30-23(17)25)29-15-11-19(31-2)22(33-4)20(12-15)32-3/h5-13H,1-4H3,(H3,25,27,29,30). The van der Waals surface area contributed by atoms with Gasteiger partial charge in [-0.25, -0.2) is 4.98 Å². The first-order valence-corrected chi connectivity index (χ1v) is 10.1. The lowest BCUT2D eigenvalue weighted by Crippen LogP contribution is -2.04. The Kier molecular flexibility index (Phi) is 6.21. The van der Waals surface area contributed by atoms with Crippen molar-refractivity contribution in [3.05, 3.63) is 60.6 Å². The van der Waals surface area contributed by atoms with Gasteiger partial charge in [0.05, 0.1) is 32.7 Å². The topological polar surface area (TPSA) is 117 Å². The summed E-state index contributed by atoms with van der Waals surface area (Å²) in [6.45, 7) is 1.93. The molecule has 0 atom stereocenters. The van der Waals surface area contributed by atoms with E-state index in [0.29, 0.717) is 40.3 Å². The van der Waals surface area contributed by atoms with Gasteiger partial charge in [0, 0.05) is 47.0 Å². The summed E-state index contributed by atoms with van der Waals surface area (Å²) in [4.78, 5) is 18.0. The lowest BCUT2D eigenvalue weighted by Gasteiger charge is -2.15. The van der Waals surface area contributed by atoms with E-state index in [1.54, 1.807) is 45.9 Å². The monoisotopic (exact) mass is 444 g/mol. The van der Waals surface area contributed by atoms with Gasteiger partial charge in [-0.15, -0.1) is 0 Å². The third-order valence-corrected chi connectivity index (χ3v) is 4.97. The molecule has 4 aromatic rings. The first-order chi connectivity index (χ1) is 16.0. The van der Waals surface area contributed by atoms with Crippen molar-refractivity contribution in [3.8, 4) is 39.8 Å². The number of ether oxygens (including phenoxy) is 3. The Balaban J connectivity index is 1.70. The van der Waals surface area contributed by atoms with Crippen LogP contribution in [0.1, 0.15) is 5.69 Å². The Morgan fingerprint density at radius 2 is 1.61 bits per heavy atom. The van der Waals surface area contributed by atoms with Crippen molar-refractivity contribution in [1.29, 1.82) is 0 Å². The van der Waals surface area contributed by atoms with Gasteiger partial charge >= 0.3 is 0 Å². The fourth-order valence-electron chi connectivity index (χ4n) is 3.42. The number of rotatable bonds is 7. The molecule has 0 aliphatic heterocycles. The molecule has 9 nitrogen and oxygen atoms in total. The maximum Gasteiger partial charge on any atom is 0.229 e. The van der Waals surface area contributed by atoms with E-state index in [1.807, 2.05) is 37.3 Å². The number of nitrogens with two attached hydrogens (primary N) is 1. The number of benzene rings is 1. The summed E-state index contributed by atoms with van der Waals surface area (Å²) in [6.07, 6.45) is 3.40. The summed E-state index contributed by atoms with van der Waals surface area (Å²) in [5.74, 6) is 2.15. The first-order valence-electron chi connectivity index (χ1n) is 10.1. The van der Waals surface area contributed by atoms with Crippen LogP contribution in [0.25, 0.3) is 22.5 Å². The SMILES string of the molecule is COc1cc(Nc2ncc(-c3ccc(C)nc3-c3ccccn3)c(N)n2)cc(OC)c1OC. The summed E-state index contributed by atoms with van der Waals surface area (Å²) in [5, 5.41) is 3.13. The number of nitrogens with one attached hydrogen (secondary N) is 1. The van der Waals surface area contributed by atoms with E-state index >= 15 is 0 Å². The molecule has 0 aliphatic rings. The van der Waals surface area contributed by atoms with Crippen LogP contribution in [0.5, 0.6) is 17.2 Å². The van der Waals surface area contributed by atoms with Crippen LogP contribution in [0.3, 0.4) is 0 Å². The van der Waals surface area contributed by atoms with Crippen molar-refractivity contribution < 1.29 is 14.2 Å². The number of hydrogen-bond donors (Lipinski definition) is 2. The van der Waals surface area contributed by atoms with E-state index < -0.39 is 0 Å². The average molecular weight is 444 g/mol. The molecule has 0 radical (unpaired) electrons. The molecule has 33 heavy (non-hydrogen) atoms. The number of pyridine rings is 2. The van der Waals surface area contributed by atoms with E-state index in [4.69, 9.17) is 19.9 Å². The molecule has 0 spiro atoms. The summed E-state index contributed by atoms with van der Waals surface area (Å²) < 4.78 is 16.2. The zero-order valence-corrected chi connectivity index (χ0v) is 18.8. The number of anilines is 3. The van der Waals surface area contributed by atoms with Crippen molar-refractivity contribution in [2.75, 3.05) is 32.4 Å². The molecule has 4 rings (SSSR count). The minimum absolute atomic E-state index is 0.308. The fourth-order valence-corrected chi connectivity index (χ4v) is 3.42. The highest BCUT2D eigenvalue weighted by molar-refractivity contribution is 5.84. The molecule has 0 saturated carbocycles. The molecule has 9 heteroatoms. The molecule has 0 bridgehead atoms. The van der Waals surface area contributed by atoms with Crippen LogP contribution >= 0.6 is 0 Å². The van der Waals surface area contributed by atoms with Gasteiger partial charge in [0.25, 0.3) is 0 Å². The summed E-state index contributed by atoms with van der Waals surface area (Å²) in [5.41, 5.74) is 10.8. The minimum atomic E-state index is 0.308. The molecule has 168 valence electrons. The highest BCUT2D eigenvalue weighted by Crippen LogP contribution is 2.40. The Bertz CT molecular complexity index is 1260. The zero-order valence-electron chi connectivity index (χ0n) is 18.8. The Morgan fingerprint density at radius 1 is 0.848 bits per heavy atom. The quantitative estimate of drug-likeness (QED) is 0.431. The molecule has 0 saturated heterocycles. The molecule has 3 heterocycles. The Labute approximate surface area is 191 Å². The number of hydrogen-bond acceptors (Lipinski definition) is 9. The molecule has 0 unspecified atom stereocenters. The molecule has 0 aliphatic carbocycles. The van der Waals surface area contributed by atoms with Crippen LogP contribution in [0.15, 0.2) is 54.9 Å². The Hall–Kier alpha value is -4.40. The highest BCUT2D eigenvalue weighted by atomic mass is 16.5. The van der Waals surface area contributed by atoms with E-state index in [0.717, 1.165) is 22.6 Å². The largest absolute Gasteiger partial charge is 0.493 e. The number of aryl methyl sites for hydroxylation is 1. The van der Waals surface area contributed by atoms with E-state index in [9.17, 15) is 0 Å². The van der Waals surface area contributed by atoms with Gasteiger partial charge in [-0.05, 0) is 25.1 Å². The van der Waals surface area contributed by atoms with Crippen LogP contribution in [0, 0.1) is 6.92 Å². The maximum absolute atomic E-state index is 6.34. The van der Waals surface area contributed by atoms with Crippen molar-refractivity contribution >= 4 is 17.5 Å². The number of nitrogen functional groups attached to an aromatic ring is 1. The third kappa shape index (κ3) is 4.47. The van der Waals surface area contributed by atoms with Gasteiger partial charge in [-0.2, -0.15) is 4.98 Å². The predicted octanol–water partition coefficient (Wildman–Crippen LogP) is 4.26. The Morgan fingerprint density at radius 3 is 2.21 bits per heavy atom. The zero-order chi connectivity index (χ0) is 23.4. The smallest absolute Gasteiger partial charge is 0.229 e. The van der Waals surface area contributed by atoms with Crippen molar-refractivity contribution in [1.82, 2.24) is 19.9 Å². The van der Waals surface area contributed by atoms with Crippen LogP contribution in [0.4, 0.5) is 17.5 Å². The molecule has 3 aromatic heterocycles. The van der Waals surface area contributed by atoms with Crippen LogP contribution in [-0.4, -0.2) is 41.3 Å². The molecule has 0 fully saturated rings. The predicted molar refractivity (Wildman–Crippen MR) is 127 cm³/mol. The summed E-state index contributed by atoms with van der Waals surface area (Å²) in [6, 6.07) is 13.1. The van der Waals surface area contributed by atoms with Crippen LogP contribution in [0.2, 0.25) is 0 Å². The molecular weight excluding hydrogens is 420 g/mol. The van der Waals surface area contributed by atoms with Crippen LogP contribution < -0.4 is 25.3 Å². The van der Waals surface area contributed by atoms with Crippen molar-refractivity contribution in [3.63, 3.8) is 0 Å². The van der Waals surface area contributed by atoms with E-state index in [-0.39, 0.29) is 0 Å². The van der Waals surface area contributed by atoms with Gasteiger partial charge in [0.1, 0.15) is 5.82 Å². The third-order valence-electron chi connectivity index (χ3n) is 4.97. The van der Waals surface area contributed by atoms with Crippen LogP contribution in [-0.2, 0) is 0 Å². The molecular formula is C24H24N6O3. The second-order valence-electron chi connectivity index (χ2n) is 7.10. The molecule has 3 N–H and O–H groups in total. The summed E-state index contributed by atoms with van der Waals surface area (Å²) >= 11 is 0. The maximum atomic E-state index is 6.34. The average Bonchev–Trinajstić information content (AvgIpc) is 2.84. The lowest BCUT2D eigenvalue weighted by atomic mass is 10.0. The van der Waals surface area contributed by atoms with E-state index in [1.165, 1.54) is 0 Å². The second-order valence-corrected chi connectivity index (χ2v) is 7.10. The van der Waals surface area contributed by atoms with Gasteiger partial charge in [0.2, 0.25) is 11.7 Å². The van der Waals surface area contributed by atoms with Gasteiger partial charge in [0.15, 0.2) is 11.5 Å². The number of aromatic nitrogens is 4. The molecule has 0 amide bonds. The second kappa shape index (κ2) is 9.39. The van der Waals surface area contributed by atoms with Gasteiger partial charge < -0.3 is 25.3 Å². The van der Waals surface area contributed by atoms with Crippen molar-refractivity contribution in [2.45, 2.75) is 6.92 Å². The fraction of sp³-hybridized carbons (Fsp3) is 0.167. The number of nitrogens with zero attached hydrogens (tertiary/aromatic N) is 4. The van der Waals surface area contributed by atoms with Gasteiger partial charge in [-0.3, -0.25) is 9.97 Å². The summed E-state index contributed by atoms with van der Waals surface area (Å²) in [7, 11) is 4.66. The van der Waals surface area contributed by atoms with E-state index in [2.05, 4.69) is 25.3 Å².